The number of nitrogens with two attached hydrogens (primary N) is 2. The highest BCUT2D eigenvalue weighted by molar-refractivity contribution is 5.84. The number of hydrogen-bond acceptors (Lipinski definition) is 7. The van der Waals surface area contributed by atoms with Crippen LogP contribution in [0.15, 0.2) is 49.1 Å². The minimum Gasteiger partial charge on any atom is -0.384 e. The van der Waals surface area contributed by atoms with Gasteiger partial charge in [-0.15, -0.1) is 0 Å². The summed E-state index contributed by atoms with van der Waals surface area (Å²) < 4.78 is 55.1. The number of rotatable bonds is 4. The van der Waals surface area contributed by atoms with Crippen molar-refractivity contribution in [3.63, 3.8) is 0 Å². The maximum Gasteiger partial charge on any atom is 0.419 e. The standard InChI is InChI=1S/C25H24F4N8.C2H6/c1-36-12-19(15-2-4-18(26)17(10-15)25(27,28)29)35-23(36)14-6-8-37(9-7-14)24-21(22(31)33-13-34-24)16-3-5-20(30)32-11-16;1-2/h2-5,10-14H,6-9H2,1H3,(H2,30,32)(H2,31,33,34);1-2H3. The van der Waals surface area contributed by atoms with Gasteiger partial charge in [0.05, 0.1) is 16.8 Å². The quantitative estimate of drug-likeness (QED) is 0.320. The number of nitrogens with zero attached hydrogens (tertiary/aromatic N) is 6. The molecule has 4 heterocycles. The lowest BCUT2D eigenvalue weighted by Crippen LogP contribution is -2.34. The molecule has 4 aromatic rings. The monoisotopic (exact) mass is 542 g/mol. The number of imidazole rings is 1. The molecule has 1 aliphatic heterocycles. The molecule has 0 saturated carbocycles. The minimum atomic E-state index is -4.78. The second kappa shape index (κ2) is 11.3. The van der Waals surface area contributed by atoms with Crippen LogP contribution in [0.4, 0.5) is 35.0 Å². The Bertz CT molecular complexity index is 1420. The average molecular weight is 543 g/mol. The second-order valence-corrected chi connectivity index (χ2v) is 8.98. The Labute approximate surface area is 223 Å². The lowest BCUT2D eigenvalue weighted by molar-refractivity contribution is -0.139. The van der Waals surface area contributed by atoms with Gasteiger partial charge in [0, 0.05) is 49.6 Å². The van der Waals surface area contributed by atoms with E-state index in [0.717, 1.165) is 36.4 Å². The van der Waals surface area contributed by atoms with Crippen molar-refractivity contribution >= 4 is 17.5 Å². The molecule has 4 N–H and O–H groups in total. The molecule has 5 rings (SSSR count). The van der Waals surface area contributed by atoms with E-state index < -0.39 is 17.6 Å². The molecule has 1 aromatic carbocycles. The van der Waals surface area contributed by atoms with Crippen LogP contribution < -0.4 is 16.4 Å². The highest BCUT2D eigenvalue weighted by atomic mass is 19.4. The van der Waals surface area contributed by atoms with E-state index in [9.17, 15) is 17.6 Å². The Balaban J connectivity index is 0.00000172. The fourth-order valence-corrected chi connectivity index (χ4v) is 4.71. The van der Waals surface area contributed by atoms with Crippen molar-refractivity contribution in [1.29, 1.82) is 0 Å². The van der Waals surface area contributed by atoms with Crippen molar-refractivity contribution in [1.82, 2.24) is 24.5 Å². The SMILES string of the molecule is CC.Cn1cc(-c2ccc(F)c(C(F)(F)F)c2)nc1C1CCN(c2ncnc(N)c2-c2ccc(N)nc2)CC1. The van der Waals surface area contributed by atoms with Gasteiger partial charge in [0.15, 0.2) is 0 Å². The predicted octanol–water partition coefficient (Wildman–Crippen LogP) is 5.67. The van der Waals surface area contributed by atoms with E-state index in [2.05, 4.69) is 24.8 Å². The first kappa shape index (κ1) is 27.8. The van der Waals surface area contributed by atoms with Gasteiger partial charge in [-0.1, -0.05) is 13.8 Å². The van der Waals surface area contributed by atoms with E-state index in [0.29, 0.717) is 41.8 Å². The number of alkyl halides is 3. The van der Waals surface area contributed by atoms with Crippen LogP contribution in [0.3, 0.4) is 0 Å². The third-order valence-electron chi connectivity index (χ3n) is 6.57. The van der Waals surface area contributed by atoms with E-state index in [-0.39, 0.29) is 11.5 Å². The first-order valence-corrected chi connectivity index (χ1v) is 12.6. The maximum absolute atomic E-state index is 13.7. The topological polar surface area (TPSA) is 112 Å². The highest BCUT2D eigenvalue weighted by Crippen LogP contribution is 2.38. The lowest BCUT2D eigenvalue weighted by atomic mass is 9.95. The molecule has 0 spiro atoms. The van der Waals surface area contributed by atoms with E-state index in [4.69, 9.17) is 11.5 Å². The van der Waals surface area contributed by atoms with E-state index in [1.807, 2.05) is 31.5 Å². The maximum atomic E-state index is 13.7. The Morgan fingerprint density at radius 1 is 0.949 bits per heavy atom. The van der Waals surface area contributed by atoms with Gasteiger partial charge in [0.2, 0.25) is 0 Å². The van der Waals surface area contributed by atoms with Crippen LogP contribution in [-0.4, -0.2) is 37.6 Å². The molecule has 12 heteroatoms. The molecule has 0 bridgehead atoms. The van der Waals surface area contributed by atoms with Gasteiger partial charge in [-0.25, -0.2) is 24.3 Å². The average Bonchev–Trinajstić information content (AvgIpc) is 3.31. The molecule has 1 saturated heterocycles. The molecule has 39 heavy (non-hydrogen) atoms. The van der Waals surface area contributed by atoms with Gasteiger partial charge in [-0.3, -0.25) is 0 Å². The molecule has 0 radical (unpaired) electrons. The summed E-state index contributed by atoms with van der Waals surface area (Å²) >= 11 is 0. The first-order valence-electron chi connectivity index (χ1n) is 12.6. The summed E-state index contributed by atoms with van der Waals surface area (Å²) in [4.78, 5) is 19.5. The van der Waals surface area contributed by atoms with Crippen LogP contribution in [0.25, 0.3) is 22.4 Å². The fraction of sp³-hybridized carbons (Fsp3) is 0.333. The van der Waals surface area contributed by atoms with Crippen LogP contribution in [0.5, 0.6) is 0 Å². The number of aromatic nitrogens is 5. The number of aryl methyl sites for hydroxylation is 1. The number of halogens is 4. The molecule has 0 atom stereocenters. The van der Waals surface area contributed by atoms with Gasteiger partial charge >= 0.3 is 6.18 Å². The van der Waals surface area contributed by atoms with Crippen molar-refractivity contribution in [2.45, 2.75) is 38.8 Å². The summed E-state index contributed by atoms with van der Waals surface area (Å²) in [6.45, 7) is 5.32. The smallest absolute Gasteiger partial charge is 0.384 e. The summed E-state index contributed by atoms with van der Waals surface area (Å²) in [6, 6.07) is 6.45. The van der Waals surface area contributed by atoms with Gasteiger partial charge in [-0.05, 0) is 43.2 Å². The van der Waals surface area contributed by atoms with Crippen molar-refractivity contribution < 1.29 is 17.6 Å². The largest absolute Gasteiger partial charge is 0.419 e. The van der Waals surface area contributed by atoms with Crippen molar-refractivity contribution in [2.24, 2.45) is 7.05 Å². The van der Waals surface area contributed by atoms with Crippen LogP contribution in [0.2, 0.25) is 0 Å². The normalized spacial score (nSPS) is 14.2. The van der Waals surface area contributed by atoms with Crippen LogP contribution in [-0.2, 0) is 13.2 Å². The number of pyridine rings is 1. The molecule has 8 nitrogen and oxygen atoms in total. The van der Waals surface area contributed by atoms with Gasteiger partial charge in [0.1, 0.15) is 35.4 Å². The zero-order chi connectivity index (χ0) is 28.3. The summed E-state index contributed by atoms with van der Waals surface area (Å²) in [5.74, 6) is 0.968. The Kier molecular flexibility index (Phi) is 8.03. The summed E-state index contributed by atoms with van der Waals surface area (Å²) in [5, 5.41) is 0. The molecule has 0 aliphatic carbocycles. The molecule has 1 aliphatic rings. The van der Waals surface area contributed by atoms with Crippen LogP contribution in [0, 0.1) is 5.82 Å². The summed E-state index contributed by atoms with van der Waals surface area (Å²) in [6.07, 6.45) is 1.43. The van der Waals surface area contributed by atoms with Crippen molar-refractivity contribution in [3.05, 3.63) is 66.3 Å². The number of hydrogen-bond donors (Lipinski definition) is 2. The third-order valence-corrected chi connectivity index (χ3v) is 6.57. The van der Waals surface area contributed by atoms with Gasteiger partial charge < -0.3 is 20.9 Å². The molecular weight excluding hydrogens is 512 g/mol. The Morgan fingerprint density at radius 3 is 2.28 bits per heavy atom. The number of nitrogen functional groups attached to an aromatic ring is 2. The molecule has 1 fully saturated rings. The van der Waals surface area contributed by atoms with Crippen LogP contribution >= 0.6 is 0 Å². The van der Waals surface area contributed by atoms with E-state index in [1.165, 1.54) is 12.4 Å². The lowest BCUT2D eigenvalue weighted by Gasteiger charge is -2.33. The van der Waals surface area contributed by atoms with Gasteiger partial charge in [-0.2, -0.15) is 13.2 Å². The molecule has 0 amide bonds. The van der Waals surface area contributed by atoms with E-state index >= 15 is 0 Å². The first-order chi connectivity index (χ1) is 18.6. The van der Waals surface area contributed by atoms with Crippen molar-refractivity contribution in [3.8, 4) is 22.4 Å². The van der Waals surface area contributed by atoms with E-state index in [1.54, 1.807) is 18.5 Å². The summed E-state index contributed by atoms with van der Waals surface area (Å²) in [5.41, 5.74) is 12.6. The molecule has 0 unspecified atom stereocenters. The molecule has 206 valence electrons. The Hall–Kier alpha value is -4.22. The minimum absolute atomic E-state index is 0.0818. The highest BCUT2D eigenvalue weighted by Gasteiger charge is 2.34. The number of piperidine rings is 1. The Morgan fingerprint density at radius 2 is 1.64 bits per heavy atom. The second-order valence-electron chi connectivity index (χ2n) is 8.98. The molecular formula is C27H30F4N8. The summed E-state index contributed by atoms with van der Waals surface area (Å²) in [7, 11) is 1.81. The van der Waals surface area contributed by atoms with Crippen LogP contribution in [0.1, 0.15) is 44.0 Å². The van der Waals surface area contributed by atoms with Crippen molar-refractivity contribution in [2.75, 3.05) is 29.5 Å². The zero-order valence-corrected chi connectivity index (χ0v) is 21.9. The fourth-order valence-electron chi connectivity index (χ4n) is 4.71. The zero-order valence-electron chi connectivity index (χ0n) is 21.9. The van der Waals surface area contributed by atoms with Gasteiger partial charge in [0.25, 0.3) is 0 Å². The number of anilines is 3. The molecule has 3 aromatic heterocycles. The predicted molar refractivity (Wildman–Crippen MR) is 143 cm³/mol. The number of benzene rings is 1. The third kappa shape index (κ3) is 5.79.